The molecule has 0 bridgehead atoms. The molecule has 2 N–H and O–H groups in total. The molecule has 0 spiro atoms. The molecule has 28 heavy (non-hydrogen) atoms. The third-order valence-corrected chi connectivity index (χ3v) is 3.96. The summed E-state index contributed by atoms with van der Waals surface area (Å²) in [4.78, 5) is 34.7. The zero-order chi connectivity index (χ0) is 20.8. The topological polar surface area (TPSA) is 119 Å². The lowest BCUT2D eigenvalue weighted by molar-refractivity contribution is -0.385. The number of hydrogen-bond donors (Lipinski definition) is 2. The predicted octanol–water partition coefficient (Wildman–Crippen LogP) is 3.42. The largest absolute Gasteiger partial charge is 0.502 e. The minimum Gasteiger partial charge on any atom is -0.502 e. The highest BCUT2D eigenvalue weighted by atomic mass is 16.6. The summed E-state index contributed by atoms with van der Waals surface area (Å²) in [5.74, 6) is -1.65. The van der Waals surface area contributed by atoms with Crippen molar-refractivity contribution in [2.45, 2.75) is 39.3 Å². The molecule has 2 rings (SSSR count). The third-order valence-electron chi connectivity index (χ3n) is 3.96. The second-order valence-corrected chi connectivity index (χ2v) is 6.64. The predicted molar refractivity (Wildman–Crippen MR) is 102 cm³/mol. The van der Waals surface area contributed by atoms with Gasteiger partial charge in [0, 0.05) is 11.6 Å². The number of ether oxygens (including phenoxy) is 1. The number of esters is 1. The van der Waals surface area contributed by atoms with Gasteiger partial charge < -0.3 is 15.2 Å². The Balaban J connectivity index is 2.24. The van der Waals surface area contributed by atoms with Crippen molar-refractivity contribution in [1.29, 1.82) is 0 Å². The zero-order valence-corrected chi connectivity index (χ0v) is 15.8. The summed E-state index contributed by atoms with van der Waals surface area (Å²) in [7, 11) is 0. The van der Waals surface area contributed by atoms with E-state index in [9.17, 15) is 24.8 Å². The molecule has 0 aliphatic carbocycles. The number of nitro groups is 1. The van der Waals surface area contributed by atoms with E-state index in [0.29, 0.717) is 5.56 Å². The molecular weight excluding hydrogens is 364 g/mol. The number of nitrogens with one attached hydrogen (secondary N) is 1. The minimum absolute atomic E-state index is 0.0393. The van der Waals surface area contributed by atoms with Crippen LogP contribution in [0, 0.1) is 17.0 Å². The number of aromatic hydroxyl groups is 1. The Morgan fingerprint density at radius 3 is 2.36 bits per heavy atom. The van der Waals surface area contributed by atoms with Crippen LogP contribution in [0.1, 0.15) is 47.8 Å². The highest BCUT2D eigenvalue weighted by Crippen LogP contribution is 2.27. The molecule has 0 aliphatic rings. The zero-order valence-electron chi connectivity index (χ0n) is 15.8. The summed E-state index contributed by atoms with van der Waals surface area (Å²) in [6.07, 6.45) is -0.361. The number of nitro benzene ring substituents is 1. The average molecular weight is 386 g/mol. The first-order valence-electron chi connectivity index (χ1n) is 8.71. The van der Waals surface area contributed by atoms with Crippen molar-refractivity contribution in [3.63, 3.8) is 0 Å². The highest BCUT2D eigenvalue weighted by molar-refractivity contribution is 5.95. The Morgan fingerprint density at radius 2 is 1.82 bits per heavy atom. The molecule has 2 aromatic carbocycles. The molecule has 0 unspecified atom stereocenters. The number of phenolic OH excluding ortho intramolecular Hbond substituents is 1. The third kappa shape index (κ3) is 5.54. The summed E-state index contributed by atoms with van der Waals surface area (Å²) >= 11 is 0. The van der Waals surface area contributed by atoms with Crippen LogP contribution in [-0.2, 0) is 9.53 Å². The van der Waals surface area contributed by atoms with Gasteiger partial charge in [-0.05, 0) is 38.5 Å². The fourth-order valence-electron chi connectivity index (χ4n) is 2.59. The van der Waals surface area contributed by atoms with E-state index in [1.807, 2.05) is 19.1 Å². The molecule has 0 aromatic heterocycles. The maximum Gasteiger partial charge on any atom is 0.310 e. The fraction of sp³-hybridized carbons (Fsp3) is 0.300. The summed E-state index contributed by atoms with van der Waals surface area (Å²) in [6.45, 7) is 5.39. The molecule has 8 nitrogen and oxygen atoms in total. The summed E-state index contributed by atoms with van der Waals surface area (Å²) in [6, 6.07) is 9.99. The second-order valence-electron chi connectivity index (χ2n) is 6.64. The molecule has 1 amide bonds. The van der Waals surface area contributed by atoms with E-state index in [1.165, 1.54) is 6.07 Å². The number of benzene rings is 2. The van der Waals surface area contributed by atoms with Crippen LogP contribution in [0.25, 0.3) is 0 Å². The lowest BCUT2D eigenvalue weighted by Gasteiger charge is -2.20. The first kappa shape index (κ1) is 20.9. The standard InChI is InChI=1S/C20H22N2O6/c1-12(2)28-19(24)11-16(14-6-4-13(3)5-7-14)21-20(25)15-8-9-17(22(26)27)18(23)10-15/h4-10,12,16,23H,11H2,1-3H3,(H,21,25)/t16-/m0/s1. The Kier molecular flexibility index (Phi) is 6.70. The van der Waals surface area contributed by atoms with E-state index in [-0.39, 0.29) is 18.1 Å². The number of nitrogens with zero attached hydrogens (tertiary/aromatic N) is 1. The number of amides is 1. The number of carbonyl (C=O) groups excluding carboxylic acids is 2. The summed E-state index contributed by atoms with van der Waals surface area (Å²) in [5, 5.41) is 23.3. The molecule has 2 aromatic rings. The monoisotopic (exact) mass is 386 g/mol. The molecule has 0 saturated carbocycles. The van der Waals surface area contributed by atoms with Crippen LogP contribution >= 0.6 is 0 Å². The van der Waals surface area contributed by atoms with Crippen molar-refractivity contribution in [2.75, 3.05) is 0 Å². The van der Waals surface area contributed by atoms with Crippen LogP contribution in [0.4, 0.5) is 5.69 Å². The molecule has 1 atom stereocenters. The normalized spacial score (nSPS) is 11.7. The van der Waals surface area contributed by atoms with Gasteiger partial charge in [-0.2, -0.15) is 0 Å². The molecule has 0 fully saturated rings. The van der Waals surface area contributed by atoms with Gasteiger partial charge in [0.05, 0.1) is 23.5 Å². The molecule has 0 heterocycles. The van der Waals surface area contributed by atoms with Crippen LogP contribution in [-0.4, -0.2) is 28.0 Å². The van der Waals surface area contributed by atoms with Crippen LogP contribution < -0.4 is 5.32 Å². The van der Waals surface area contributed by atoms with Crippen molar-refractivity contribution in [2.24, 2.45) is 0 Å². The lowest BCUT2D eigenvalue weighted by Crippen LogP contribution is -2.31. The van der Waals surface area contributed by atoms with Crippen LogP contribution in [0.15, 0.2) is 42.5 Å². The highest BCUT2D eigenvalue weighted by Gasteiger charge is 2.22. The first-order valence-corrected chi connectivity index (χ1v) is 8.71. The van der Waals surface area contributed by atoms with E-state index in [1.54, 1.807) is 26.0 Å². The molecular formula is C20H22N2O6. The smallest absolute Gasteiger partial charge is 0.310 e. The molecule has 0 saturated heterocycles. The van der Waals surface area contributed by atoms with Gasteiger partial charge in [0.25, 0.3) is 5.91 Å². The van der Waals surface area contributed by atoms with Gasteiger partial charge in [-0.1, -0.05) is 29.8 Å². The van der Waals surface area contributed by atoms with E-state index in [0.717, 1.165) is 17.7 Å². The number of hydrogen-bond acceptors (Lipinski definition) is 6. The van der Waals surface area contributed by atoms with Gasteiger partial charge >= 0.3 is 11.7 Å². The van der Waals surface area contributed by atoms with Gasteiger partial charge in [0.1, 0.15) is 0 Å². The molecule has 0 aliphatic heterocycles. The van der Waals surface area contributed by atoms with E-state index in [4.69, 9.17) is 4.74 Å². The van der Waals surface area contributed by atoms with Crippen LogP contribution in [0.5, 0.6) is 5.75 Å². The van der Waals surface area contributed by atoms with Gasteiger partial charge in [-0.3, -0.25) is 19.7 Å². The van der Waals surface area contributed by atoms with Crippen molar-refractivity contribution < 1.29 is 24.4 Å². The summed E-state index contributed by atoms with van der Waals surface area (Å²) in [5.41, 5.74) is 1.29. The SMILES string of the molecule is Cc1ccc([C@H](CC(=O)OC(C)C)NC(=O)c2ccc([N+](=O)[O-])c(O)c2)cc1. The van der Waals surface area contributed by atoms with Crippen molar-refractivity contribution in [3.8, 4) is 5.75 Å². The quantitative estimate of drug-likeness (QED) is 0.427. The number of rotatable bonds is 7. The first-order chi connectivity index (χ1) is 13.2. The maximum atomic E-state index is 12.6. The average Bonchev–Trinajstić information content (AvgIpc) is 2.60. The fourth-order valence-corrected chi connectivity index (χ4v) is 2.59. The minimum atomic E-state index is -0.742. The van der Waals surface area contributed by atoms with E-state index in [2.05, 4.69) is 5.32 Å². The van der Waals surface area contributed by atoms with Gasteiger partial charge in [0.2, 0.25) is 0 Å². The molecule has 8 heteroatoms. The Labute approximate surface area is 162 Å². The summed E-state index contributed by atoms with van der Waals surface area (Å²) < 4.78 is 5.17. The van der Waals surface area contributed by atoms with Crippen molar-refractivity contribution in [3.05, 3.63) is 69.3 Å². The molecule has 148 valence electrons. The van der Waals surface area contributed by atoms with Crippen LogP contribution in [0.2, 0.25) is 0 Å². The van der Waals surface area contributed by atoms with Gasteiger partial charge in [0.15, 0.2) is 5.75 Å². The van der Waals surface area contributed by atoms with Gasteiger partial charge in [-0.15, -0.1) is 0 Å². The number of aryl methyl sites for hydroxylation is 1. The Morgan fingerprint density at radius 1 is 1.18 bits per heavy atom. The Bertz CT molecular complexity index is 877. The second kappa shape index (κ2) is 8.98. The number of carbonyl (C=O) groups is 2. The van der Waals surface area contributed by atoms with E-state index >= 15 is 0 Å². The van der Waals surface area contributed by atoms with Crippen LogP contribution in [0.3, 0.4) is 0 Å². The Hall–Kier alpha value is -3.42. The molecule has 0 radical (unpaired) electrons. The van der Waals surface area contributed by atoms with E-state index < -0.39 is 34.3 Å². The maximum absolute atomic E-state index is 12.6. The lowest BCUT2D eigenvalue weighted by atomic mass is 10.0. The van der Waals surface area contributed by atoms with Crippen molar-refractivity contribution >= 4 is 17.6 Å². The van der Waals surface area contributed by atoms with Gasteiger partial charge in [-0.25, -0.2) is 0 Å². The van der Waals surface area contributed by atoms with Crippen molar-refractivity contribution in [1.82, 2.24) is 5.32 Å². The number of phenols is 1.